The van der Waals surface area contributed by atoms with E-state index in [9.17, 15) is 9.59 Å². The fourth-order valence-corrected chi connectivity index (χ4v) is 2.96. The van der Waals surface area contributed by atoms with Crippen molar-refractivity contribution in [3.05, 3.63) is 45.9 Å². The normalized spacial score (nSPS) is 10.2. The summed E-state index contributed by atoms with van der Waals surface area (Å²) in [7, 11) is 5.94. The number of hydrazine groups is 1. The maximum atomic E-state index is 12.5. The second-order valence-corrected chi connectivity index (χ2v) is 6.66. The highest BCUT2D eigenvalue weighted by Gasteiger charge is 2.18. The lowest BCUT2D eigenvalue weighted by Gasteiger charge is -2.14. The molecule has 30 heavy (non-hydrogen) atoms. The molecular formula is C20H23BrN2O7. The first-order chi connectivity index (χ1) is 14.4. The molecule has 0 aromatic heterocycles. The van der Waals surface area contributed by atoms with Crippen LogP contribution in [0.1, 0.15) is 20.7 Å². The van der Waals surface area contributed by atoms with E-state index in [0.29, 0.717) is 46.2 Å². The second kappa shape index (κ2) is 11.3. The third-order valence-electron chi connectivity index (χ3n) is 3.96. The minimum atomic E-state index is -0.554. The standard InChI is InChI=1S/C20H23BrN2O7/c1-26-7-8-30-15-6-5-12(9-14(15)21)19(24)22-23-20(25)13-10-16(27-2)18(29-4)17(11-13)28-3/h5-6,9-11H,7-8H2,1-4H3,(H,22,24)(H,23,25). The molecule has 2 N–H and O–H groups in total. The van der Waals surface area contributed by atoms with Gasteiger partial charge in [0.05, 0.1) is 32.4 Å². The Bertz CT molecular complexity index is 880. The molecule has 0 heterocycles. The molecular weight excluding hydrogens is 460 g/mol. The molecule has 0 aliphatic rings. The minimum absolute atomic E-state index is 0.216. The number of methoxy groups -OCH3 is 4. The molecule has 0 saturated heterocycles. The van der Waals surface area contributed by atoms with Crippen LogP contribution in [0.25, 0.3) is 0 Å². The maximum absolute atomic E-state index is 12.5. The molecule has 2 aromatic carbocycles. The summed E-state index contributed by atoms with van der Waals surface area (Å²) >= 11 is 3.36. The molecule has 2 aromatic rings. The summed E-state index contributed by atoms with van der Waals surface area (Å²) in [6.07, 6.45) is 0. The van der Waals surface area contributed by atoms with Crippen molar-refractivity contribution in [2.45, 2.75) is 0 Å². The van der Waals surface area contributed by atoms with Crippen molar-refractivity contribution in [1.29, 1.82) is 0 Å². The fourth-order valence-electron chi connectivity index (χ4n) is 2.46. The number of carbonyl (C=O) groups excluding carboxylic acids is 2. The van der Waals surface area contributed by atoms with Gasteiger partial charge in [-0.1, -0.05) is 0 Å². The largest absolute Gasteiger partial charge is 0.493 e. The molecule has 0 radical (unpaired) electrons. The van der Waals surface area contributed by atoms with Crippen LogP contribution in [0, 0.1) is 0 Å². The quantitative estimate of drug-likeness (QED) is 0.418. The fraction of sp³-hybridized carbons (Fsp3) is 0.300. The van der Waals surface area contributed by atoms with Crippen LogP contribution in [0.2, 0.25) is 0 Å². The molecule has 162 valence electrons. The highest BCUT2D eigenvalue weighted by Crippen LogP contribution is 2.38. The van der Waals surface area contributed by atoms with Crippen LogP contribution in [-0.4, -0.2) is 53.5 Å². The van der Waals surface area contributed by atoms with E-state index in [0.717, 1.165) is 0 Å². The molecule has 0 atom stereocenters. The molecule has 2 rings (SSSR count). The van der Waals surface area contributed by atoms with Gasteiger partial charge in [-0.25, -0.2) is 0 Å². The molecule has 0 fully saturated rings. The van der Waals surface area contributed by atoms with Gasteiger partial charge < -0.3 is 23.7 Å². The second-order valence-electron chi connectivity index (χ2n) is 5.81. The smallest absolute Gasteiger partial charge is 0.269 e. The summed E-state index contributed by atoms with van der Waals surface area (Å²) in [6.45, 7) is 0.827. The van der Waals surface area contributed by atoms with Crippen LogP contribution >= 0.6 is 15.9 Å². The summed E-state index contributed by atoms with van der Waals surface area (Å²) in [5, 5.41) is 0. The van der Waals surface area contributed by atoms with E-state index in [2.05, 4.69) is 26.8 Å². The topological polar surface area (TPSA) is 104 Å². The van der Waals surface area contributed by atoms with Gasteiger partial charge in [0.2, 0.25) is 5.75 Å². The Morgan fingerprint density at radius 1 is 0.800 bits per heavy atom. The van der Waals surface area contributed by atoms with Gasteiger partial charge in [0, 0.05) is 18.2 Å². The number of hydrogen-bond acceptors (Lipinski definition) is 7. The Balaban J connectivity index is 2.05. The zero-order chi connectivity index (χ0) is 22.1. The first kappa shape index (κ1) is 23.3. The van der Waals surface area contributed by atoms with E-state index in [1.165, 1.54) is 33.5 Å². The Morgan fingerprint density at radius 3 is 1.90 bits per heavy atom. The molecule has 0 unspecified atom stereocenters. The van der Waals surface area contributed by atoms with Crippen LogP contribution < -0.4 is 29.8 Å². The number of amides is 2. The van der Waals surface area contributed by atoms with E-state index in [-0.39, 0.29) is 5.56 Å². The van der Waals surface area contributed by atoms with E-state index in [1.54, 1.807) is 25.3 Å². The lowest BCUT2D eigenvalue weighted by Crippen LogP contribution is -2.41. The van der Waals surface area contributed by atoms with Crippen molar-refractivity contribution in [2.24, 2.45) is 0 Å². The molecule has 9 nitrogen and oxygen atoms in total. The number of rotatable bonds is 9. The van der Waals surface area contributed by atoms with Crippen molar-refractivity contribution >= 4 is 27.7 Å². The Labute approximate surface area is 182 Å². The Hall–Kier alpha value is -2.98. The third kappa shape index (κ3) is 5.77. The summed E-state index contributed by atoms with van der Waals surface area (Å²) in [6, 6.07) is 7.77. The van der Waals surface area contributed by atoms with Crippen LogP contribution in [0.15, 0.2) is 34.8 Å². The number of hydrogen-bond donors (Lipinski definition) is 2. The van der Waals surface area contributed by atoms with Crippen molar-refractivity contribution in [3.8, 4) is 23.0 Å². The van der Waals surface area contributed by atoms with E-state index < -0.39 is 11.8 Å². The molecule has 0 spiro atoms. The zero-order valence-electron chi connectivity index (χ0n) is 17.0. The zero-order valence-corrected chi connectivity index (χ0v) is 18.6. The molecule has 2 amide bonds. The molecule has 10 heteroatoms. The van der Waals surface area contributed by atoms with Gasteiger partial charge in [0.1, 0.15) is 12.4 Å². The summed E-state index contributed by atoms with van der Waals surface area (Å²) in [4.78, 5) is 24.8. The number of carbonyl (C=O) groups is 2. The highest BCUT2D eigenvalue weighted by atomic mass is 79.9. The lowest BCUT2D eigenvalue weighted by molar-refractivity contribution is 0.0846. The van der Waals surface area contributed by atoms with Crippen LogP contribution in [-0.2, 0) is 4.74 Å². The van der Waals surface area contributed by atoms with Crippen molar-refractivity contribution in [2.75, 3.05) is 41.7 Å². The third-order valence-corrected chi connectivity index (χ3v) is 4.58. The lowest BCUT2D eigenvalue weighted by atomic mass is 10.1. The summed E-state index contributed by atoms with van der Waals surface area (Å²) in [5.41, 5.74) is 5.27. The van der Waals surface area contributed by atoms with Gasteiger partial charge in [-0.15, -0.1) is 0 Å². The first-order valence-electron chi connectivity index (χ1n) is 8.77. The number of nitrogens with one attached hydrogen (secondary N) is 2. The SMILES string of the molecule is COCCOc1ccc(C(=O)NNC(=O)c2cc(OC)c(OC)c(OC)c2)cc1Br. The number of ether oxygens (including phenoxy) is 5. The van der Waals surface area contributed by atoms with Gasteiger partial charge >= 0.3 is 0 Å². The Kier molecular flexibility index (Phi) is 8.75. The minimum Gasteiger partial charge on any atom is -0.493 e. The van der Waals surface area contributed by atoms with Gasteiger partial charge in [-0.3, -0.25) is 20.4 Å². The van der Waals surface area contributed by atoms with Crippen LogP contribution in [0.4, 0.5) is 0 Å². The predicted octanol–water partition coefficient (Wildman–Crippen LogP) is 2.57. The van der Waals surface area contributed by atoms with Gasteiger partial charge in [0.25, 0.3) is 11.8 Å². The van der Waals surface area contributed by atoms with Crippen molar-refractivity contribution in [1.82, 2.24) is 10.9 Å². The molecule has 0 saturated carbocycles. The summed E-state index contributed by atoms with van der Waals surface area (Å²) in [5.74, 6) is 0.520. The predicted molar refractivity (Wildman–Crippen MR) is 113 cm³/mol. The monoisotopic (exact) mass is 482 g/mol. The van der Waals surface area contributed by atoms with Gasteiger partial charge in [-0.05, 0) is 46.3 Å². The molecule has 0 aliphatic carbocycles. The average Bonchev–Trinajstić information content (AvgIpc) is 2.77. The van der Waals surface area contributed by atoms with Crippen LogP contribution in [0.5, 0.6) is 23.0 Å². The van der Waals surface area contributed by atoms with Crippen molar-refractivity contribution < 1.29 is 33.3 Å². The van der Waals surface area contributed by atoms with Gasteiger partial charge in [0.15, 0.2) is 11.5 Å². The summed E-state index contributed by atoms with van der Waals surface area (Å²) < 4.78 is 26.7. The van der Waals surface area contributed by atoms with Gasteiger partial charge in [-0.2, -0.15) is 0 Å². The average molecular weight is 483 g/mol. The van der Waals surface area contributed by atoms with E-state index >= 15 is 0 Å². The van der Waals surface area contributed by atoms with Crippen LogP contribution in [0.3, 0.4) is 0 Å². The number of benzene rings is 2. The number of halogens is 1. The van der Waals surface area contributed by atoms with E-state index in [1.807, 2.05) is 0 Å². The first-order valence-corrected chi connectivity index (χ1v) is 9.56. The Morgan fingerprint density at radius 2 is 1.40 bits per heavy atom. The van der Waals surface area contributed by atoms with E-state index in [4.69, 9.17) is 23.7 Å². The maximum Gasteiger partial charge on any atom is 0.269 e. The molecule has 0 bridgehead atoms. The highest BCUT2D eigenvalue weighted by molar-refractivity contribution is 9.10. The molecule has 0 aliphatic heterocycles. The van der Waals surface area contributed by atoms with Crippen molar-refractivity contribution in [3.63, 3.8) is 0 Å².